The molecule has 41 heavy (non-hydrogen) atoms. The summed E-state index contributed by atoms with van der Waals surface area (Å²) in [6, 6.07) is 49.4. The van der Waals surface area contributed by atoms with Crippen LogP contribution in [0.1, 0.15) is 20.3 Å². The fourth-order valence-corrected chi connectivity index (χ4v) is 5.66. The van der Waals surface area contributed by atoms with Crippen LogP contribution in [0.25, 0.3) is 54.6 Å². The predicted molar refractivity (Wildman–Crippen MR) is 180 cm³/mol. The first-order valence-corrected chi connectivity index (χ1v) is 14.3. The van der Waals surface area contributed by atoms with Crippen LogP contribution in [0.4, 0.5) is 17.1 Å². The number of nitrogens with two attached hydrogens (primary N) is 1. The highest BCUT2D eigenvalue weighted by Gasteiger charge is 2.17. The summed E-state index contributed by atoms with van der Waals surface area (Å²) in [5.74, 6) is 0. The predicted octanol–water partition coefficient (Wildman–Crippen LogP) is 11.2. The van der Waals surface area contributed by atoms with Gasteiger partial charge in [-0.3, -0.25) is 0 Å². The normalized spacial score (nSPS) is 10.9. The number of hydrogen-bond donors (Lipinski definition) is 2. The highest BCUT2D eigenvalue weighted by molar-refractivity contribution is 6.23. The van der Waals surface area contributed by atoms with Crippen molar-refractivity contribution in [3.63, 3.8) is 0 Å². The molecule has 0 aromatic heterocycles. The Morgan fingerprint density at radius 2 is 0.976 bits per heavy atom. The molecule has 0 aliphatic carbocycles. The standard InChI is InChI=1S/C36H26N2.C3H8/c37-33-18-7-8-19-34(33)38-26-22-20-25(21-23-26)35-29-13-3-5-15-31(29)36(32-16-6-4-14-30(32)35)28-17-9-11-24-10-1-2-12-27(24)28;1-3-2/h1-23,38H,37H2;3H2,1-2H3. The molecule has 0 fully saturated rings. The van der Waals surface area contributed by atoms with E-state index in [1.165, 1.54) is 61.0 Å². The Morgan fingerprint density at radius 1 is 0.488 bits per heavy atom. The zero-order chi connectivity index (χ0) is 28.2. The Labute approximate surface area is 242 Å². The van der Waals surface area contributed by atoms with E-state index in [1.54, 1.807) is 0 Å². The average molecular weight is 531 g/mol. The Balaban J connectivity index is 0.000000967. The second-order valence-electron chi connectivity index (χ2n) is 10.4. The maximum Gasteiger partial charge on any atom is 0.0617 e. The summed E-state index contributed by atoms with van der Waals surface area (Å²) in [5, 5.41) is 11.0. The van der Waals surface area contributed by atoms with Crippen LogP contribution in [0.3, 0.4) is 0 Å². The molecule has 3 N–H and O–H groups in total. The van der Waals surface area contributed by atoms with E-state index in [2.05, 4.69) is 134 Å². The molecule has 0 heterocycles. The molecule has 0 unspecified atom stereocenters. The Morgan fingerprint density at radius 3 is 1.59 bits per heavy atom. The van der Waals surface area contributed by atoms with Crippen molar-refractivity contribution in [2.45, 2.75) is 20.3 Å². The maximum atomic E-state index is 6.15. The van der Waals surface area contributed by atoms with Crippen LogP contribution >= 0.6 is 0 Å². The molecule has 7 aromatic carbocycles. The van der Waals surface area contributed by atoms with E-state index in [0.717, 1.165) is 17.1 Å². The first-order chi connectivity index (χ1) is 20.2. The van der Waals surface area contributed by atoms with Gasteiger partial charge in [-0.15, -0.1) is 0 Å². The molecule has 7 rings (SSSR count). The van der Waals surface area contributed by atoms with Gasteiger partial charge in [-0.2, -0.15) is 0 Å². The summed E-state index contributed by atoms with van der Waals surface area (Å²) in [6.07, 6.45) is 1.25. The van der Waals surface area contributed by atoms with Crippen molar-refractivity contribution in [3.8, 4) is 22.3 Å². The fourth-order valence-electron chi connectivity index (χ4n) is 5.66. The van der Waals surface area contributed by atoms with E-state index in [9.17, 15) is 0 Å². The van der Waals surface area contributed by atoms with E-state index in [1.807, 2.05) is 24.3 Å². The monoisotopic (exact) mass is 530 g/mol. The van der Waals surface area contributed by atoms with Gasteiger partial charge in [-0.1, -0.05) is 136 Å². The summed E-state index contributed by atoms with van der Waals surface area (Å²) < 4.78 is 0. The lowest BCUT2D eigenvalue weighted by Crippen LogP contribution is -1.96. The second-order valence-corrected chi connectivity index (χ2v) is 10.4. The Hall–Kier alpha value is -5.08. The third-order valence-corrected chi connectivity index (χ3v) is 7.40. The molecule has 2 heteroatoms. The lowest BCUT2D eigenvalue weighted by Gasteiger charge is -2.19. The number of benzene rings is 7. The van der Waals surface area contributed by atoms with Crippen molar-refractivity contribution in [1.82, 2.24) is 0 Å². The highest BCUT2D eigenvalue weighted by Crippen LogP contribution is 2.45. The number of rotatable bonds is 4. The van der Waals surface area contributed by atoms with Crippen LogP contribution in [0.15, 0.2) is 140 Å². The van der Waals surface area contributed by atoms with Gasteiger partial charge in [-0.25, -0.2) is 0 Å². The van der Waals surface area contributed by atoms with E-state index >= 15 is 0 Å². The van der Waals surface area contributed by atoms with Crippen LogP contribution < -0.4 is 11.1 Å². The molecule has 2 nitrogen and oxygen atoms in total. The molecule has 0 bridgehead atoms. The van der Waals surface area contributed by atoms with Gasteiger partial charge in [-0.05, 0) is 78.8 Å². The maximum absolute atomic E-state index is 6.15. The van der Waals surface area contributed by atoms with E-state index < -0.39 is 0 Å². The Kier molecular flexibility index (Phi) is 7.38. The number of nitrogen functional groups attached to an aromatic ring is 1. The van der Waals surface area contributed by atoms with Gasteiger partial charge >= 0.3 is 0 Å². The largest absolute Gasteiger partial charge is 0.397 e. The van der Waals surface area contributed by atoms with Crippen LogP contribution in [-0.2, 0) is 0 Å². The number of nitrogens with one attached hydrogen (secondary N) is 1. The minimum atomic E-state index is 0.734. The van der Waals surface area contributed by atoms with Crippen LogP contribution in [-0.4, -0.2) is 0 Å². The molecule has 0 spiro atoms. The minimum absolute atomic E-state index is 0.734. The molecule has 0 aliphatic rings. The number of para-hydroxylation sites is 2. The number of hydrogen-bond acceptors (Lipinski definition) is 2. The van der Waals surface area contributed by atoms with Crippen molar-refractivity contribution in [2.75, 3.05) is 11.1 Å². The van der Waals surface area contributed by atoms with E-state index in [-0.39, 0.29) is 0 Å². The molecule has 200 valence electrons. The molecule has 0 radical (unpaired) electrons. The Bertz CT molecular complexity index is 1910. The average Bonchev–Trinajstić information content (AvgIpc) is 3.02. The molecule has 0 aliphatic heterocycles. The van der Waals surface area contributed by atoms with Crippen molar-refractivity contribution < 1.29 is 0 Å². The molecule has 7 aromatic rings. The molecule has 0 amide bonds. The minimum Gasteiger partial charge on any atom is -0.397 e. The van der Waals surface area contributed by atoms with Gasteiger partial charge in [0.15, 0.2) is 0 Å². The van der Waals surface area contributed by atoms with Crippen molar-refractivity contribution in [3.05, 3.63) is 140 Å². The highest BCUT2D eigenvalue weighted by atomic mass is 14.9. The lowest BCUT2D eigenvalue weighted by atomic mass is 9.85. The van der Waals surface area contributed by atoms with Crippen LogP contribution in [0.2, 0.25) is 0 Å². The molecular weight excluding hydrogens is 496 g/mol. The summed E-state index contributed by atoms with van der Waals surface area (Å²) in [5.41, 5.74) is 13.8. The van der Waals surface area contributed by atoms with Gasteiger partial charge in [0.1, 0.15) is 0 Å². The third-order valence-electron chi connectivity index (χ3n) is 7.40. The van der Waals surface area contributed by atoms with E-state index in [4.69, 9.17) is 5.73 Å². The van der Waals surface area contributed by atoms with Crippen molar-refractivity contribution in [1.29, 1.82) is 0 Å². The van der Waals surface area contributed by atoms with E-state index in [0.29, 0.717) is 0 Å². The van der Waals surface area contributed by atoms with Gasteiger partial charge in [0.25, 0.3) is 0 Å². The summed E-state index contributed by atoms with van der Waals surface area (Å²) >= 11 is 0. The topological polar surface area (TPSA) is 38.0 Å². The van der Waals surface area contributed by atoms with Gasteiger partial charge in [0.05, 0.1) is 11.4 Å². The molecule has 0 saturated heterocycles. The SMILES string of the molecule is CCC.Nc1ccccc1Nc1ccc(-c2c3ccccc3c(-c3cccc4ccccc34)c3ccccc23)cc1. The van der Waals surface area contributed by atoms with Crippen LogP contribution in [0, 0.1) is 0 Å². The second kappa shape index (κ2) is 11.6. The lowest BCUT2D eigenvalue weighted by molar-refractivity contribution is 1.09. The number of fused-ring (bicyclic) bond motifs is 3. The molecular formula is C39H34N2. The first-order valence-electron chi connectivity index (χ1n) is 14.3. The molecule has 0 atom stereocenters. The third kappa shape index (κ3) is 5.01. The zero-order valence-corrected chi connectivity index (χ0v) is 23.6. The van der Waals surface area contributed by atoms with Crippen molar-refractivity contribution in [2.24, 2.45) is 0 Å². The summed E-state index contributed by atoms with van der Waals surface area (Å²) in [4.78, 5) is 0. The smallest absolute Gasteiger partial charge is 0.0617 e. The number of anilines is 3. The van der Waals surface area contributed by atoms with Gasteiger partial charge < -0.3 is 11.1 Å². The fraction of sp³-hybridized carbons (Fsp3) is 0.0769. The first kappa shape index (κ1) is 26.2. The van der Waals surface area contributed by atoms with Gasteiger partial charge in [0.2, 0.25) is 0 Å². The zero-order valence-electron chi connectivity index (χ0n) is 23.6. The molecule has 0 saturated carbocycles. The van der Waals surface area contributed by atoms with Crippen LogP contribution in [0.5, 0.6) is 0 Å². The van der Waals surface area contributed by atoms with Gasteiger partial charge in [0, 0.05) is 5.69 Å². The summed E-state index contributed by atoms with van der Waals surface area (Å²) in [7, 11) is 0. The quantitative estimate of drug-likeness (QED) is 0.175. The summed E-state index contributed by atoms with van der Waals surface area (Å²) in [6.45, 7) is 4.25. The van der Waals surface area contributed by atoms with Crippen molar-refractivity contribution >= 4 is 49.4 Å².